The fourth-order valence-corrected chi connectivity index (χ4v) is 3.31. The summed E-state index contributed by atoms with van der Waals surface area (Å²) in [5.74, 6) is 2.39. The molecule has 0 saturated heterocycles. The van der Waals surface area contributed by atoms with Gasteiger partial charge in [-0.05, 0) is 49.3 Å². The smallest absolute Gasteiger partial charge is 0.140 e. The Morgan fingerprint density at radius 2 is 2.00 bits per heavy atom. The first-order valence-electron chi connectivity index (χ1n) is 7.88. The van der Waals surface area contributed by atoms with Gasteiger partial charge < -0.3 is 4.74 Å². The average molecular weight is 274 g/mol. The van der Waals surface area contributed by atoms with Crippen molar-refractivity contribution in [3.63, 3.8) is 0 Å². The third-order valence-corrected chi connectivity index (χ3v) is 4.51. The maximum absolute atomic E-state index is 12.4. The molecule has 110 valence electrons. The standard InChI is InChI=1S/C18H26O2/c1-3-5-14-8-10-16(11-9-14)18(19)13-15-6-4-7-17(12-15)20-2/h4,6-7,12,14,16H,3,5,8-11,13H2,1-2H3. The van der Waals surface area contributed by atoms with Crippen molar-refractivity contribution in [1.29, 1.82) is 0 Å². The highest BCUT2D eigenvalue weighted by Gasteiger charge is 2.25. The van der Waals surface area contributed by atoms with Crippen molar-refractivity contribution in [2.45, 2.75) is 51.9 Å². The number of methoxy groups -OCH3 is 1. The Hall–Kier alpha value is -1.31. The van der Waals surface area contributed by atoms with E-state index in [4.69, 9.17) is 4.74 Å². The van der Waals surface area contributed by atoms with E-state index < -0.39 is 0 Å². The van der Waals surface area contributed by atoms with Gasteiger partial charge in [0.15, 0.2) is 0 Å². The number of Topliss-reactive ketones (excluding diaryl/α,β-unsaturated/α-hetero) is 1. The van der Waals surface area contributed by atoms with E-state index in [0.29, 0.717) is 12.2 Å². The highest BCUT2D eigenvalue weighted by atomic mass is 16.5. The van der Waals surface area contributed by atoms with Gasteiger partial charge in [-0.1, -0.05) is 31.9 Å². The van der Waals surface area contributed by atoms with E-state index in [9.17, 15) is 4.79 Å². The molecule has 0 unspecified atom stereocenters. The lowest BCUT2D eigenvalue weighted by atomic mass is 9.77. The average Bonchev–Trinajstić information content (AvgIpc) is 2.48. The van der Waals surface area contributed by atoms with Crippen molar-refractivity contribution in [3.05, 3.63) is 29.8 Å². The molecule has 0 spiro atoms. The van der Waals surface area contributed by atoms with Crippen LogP contribution in [0.25, 0.3) is 0 Å². The van der Waals surface area contributed by atoms with Crippen molar-refractivity contribution in [1.82, 2.24) is 0 Å². The number of ketones is 1. The van der Waals surface area contributed by atoms with Crippen LogP contribution in [-0.4, -0.2) is 12.9 Å². The van der Waals surface area contributed by atoms with E-state index in [1.807, 2.05) is 24.3 Å². The van der Waals surface area contributed by atoms with Gasteiger partial charge in [-0.2, -0.15) is 0 Å². The molecule has 1 fully saturated rings. The summed E-state index contributed by atoms with van der Waals surface area (Å²) in [5.41, 5.74) is 1.07. The van der Waals surface area contributed by atoms with Crippen molar-refractivity contribution < 1.29 is 9.53 Å². The Morgan fingerprint density at radius 1 is 1.25 bits per heavy atom. The Labute approximate surface area is 122 Å². The number of hydrogen-bond acceptors (Lipinski definition) is 2. The first kappa shape index (κ1) is 15.1. The molecule has 0 radical (unpaired) electrons. The van der Waals surface area contributed by atoms with Crippen LogP contribution in [-0.2, 0) is 11.2 Å². The molecule has 1 aromatic rings. The minimum atomic E-state index is 0.286. The molecule has 2 heteroatoms. The normalized spacial score (nSPS) is 22.5. The molecule has 0 atom stereocenters. The number of ether oxygens (including phenoxy) is 1. The molecule has 1 aromatic carbocycles. The molecule has 2 rings (SSSR count). The van der Waals surface area contributed by atoms with Crippen LogP contribution in [0, 0.1) is 11.8 Å². The van der Waals surface area contributed by atoms with Gasteiger partial charge in [0, 0.05) is 12.3 Å². The highest BCUT2D eigenvalue weighted by molar-refractivity contribution is 5.83. The molecule has 0 aromatic heterocycles. The van der Waals surface area contributed by atoms with Crippen molar-refractivity contribution >= 4 is 5.78 Å². The van der Waals surface area contributed by atoms with Crippen molar-refractivity contribution in [2.24, 2.45) is 11.8 Å². The Morgan fingerprint density at radius 3 is 2.65 bits per heavy atom. The number of rotatable bonds is 6. The third-order valence-electron chi connectivity index (χ3n) is 4.51. The lowest BCUT2D eigenvalue weighted by Crippen LogP contribution is -2.23. The SMILES string of the molecule is CCCC1CCC(C(=O)Cc2cccc(OC)c2)CC1. The van der Waals surface area contributed by atoms with Crippen LogP contribution < -0.4 is 4.74 Å². The van der Waals surface area contributed by atoms with Gasteiger partial charge in [0.2, 0.25) is 0 Å². The fourth-order valence-electron chi connectivity index (χ4n) is 3.31. The largest absolute Gasteiger partial charge is 0.497 e. The number of benzene rings is 1. The van der Waals surface area contributed by atoms with Crippen LogP contribution in [0.5, 0.6) is 5.75 Å². The van der Waals surface area contributed by atoms with E-state index in [0.717, 1.165) is 30.1 Å². The van der Waals surface area contributed by atoms with Gasteiger partial charge in [0.05, 0.1) is 7.11 Å². The molecule has 0 amide bonds. The summed E-state index contributed by atoms with van der Waals surface area (Å²) in [6.07, 6.45) is 7.82. The molecular formula is C18H26O2. The predicted molar refractivity (Wildman–Crippen MR) is 82.1 cm³/mol. The van der Waals surface area contributed by atoms with Crippen LogP contribution in [0.2, 0.25) is 0 Å². The monoisotopic (exact) mass is 274 g/mol. The lowest BCUT2D eigenvalue weighted by Gasteiger charge is -2.27. The van der Waals surface area contributed by atoms with E-state index in [-0.39, 0.29) is 5.92 Å². The second-order valence-corrected chi connectivity index (χ2v) is 6.00. The first-order chi connectivity index (χ1) is 9.72. The summed E-state index contributed by atoms with van der Waals surface area (Å²) in [7, 11) is 1.66. The zero-order valence-electron chi connectivity index (χ0n) is 12.7. The molecule has 2 nitrogen and oxygen atoms in total. The second-order valence-electron chi connectivity index (χ2n) is 6.00. The predicted octanol–water partition coefficient (Wildman–Crippen LogP) is 4.41. The first-order valence-corrected chi connectivity index (χ1v) is 7.88. The number of hydrogen-bond donors (Lipinski definition) is 0. The van der Waals surface area contributed by atoms with Gasteiger partial charge in [-0.25, -0.2) is 0 Å². The zero-order valence-corrected chi connectivity index (χ0v) is 12.7. The Balaban J connectivity index is 1.86. The summed E-state index contributed by atoms with van der Waals surface area (Å²) < 4.78 is 5.21. The van der Waals surface area contributed by atoms with E-state index in [1.54, 1.807) is 7.11 Å². The van der Waals surface area contributed by atoms with Gasteiger partial charge in [0.1, 0.15) is 11.5 Å². The molecule has 1 aliphatic carbocycles. The van der Waals surface area contributed by atoms with Gasteiger partial charge in [-0.15, -0.1) is 0 Å². The lowest BCUT2D eigenvalue weighted by molar-refractivity contribution is -0.123. The summed E-state index contributed by atoms with van der Waals surface area (Å²) in [6, 6.07) is 7.87. The Bertz CT molecular complexity index is 431. The summed E-state index contributed by atoms with van der Waals surface area (Å²) >= 11 is 0. The van der Waals surface area contributed by atoms with Crippen LogP contribution in [0.3, 0.4) is 0 Å². The van der Waals surface area contributed by atoms with Crippen LogP contribution in [0.1, 0.15) is 51.0 Å². The molecule has 0 heterocycles. The molecule has 1 saturated carbocycles. The van der Waals surface area contributed by atoms with Crippen LogP contribution in [0.4, 0.5) is 0 Å². The molecule has 20 heavy (non-hydrogen) atoms. The molecule has 1 aliphatic rings. The topological polar surface area (TPSA) is 26.3 Å². The van der Waals surface area contributed by atoms with Crippen molar-refractivity contribution in [3.8, 4) is 5.75 Å². The second kappa shape index (κ2) is 7.47. The summed E-state index contributed by atoms with van der Waals surface area (Å²) in [6.45, 7) is 2.25. The van der Waals surface area contributed by atoms with E-state index in [1.165, 1.54) is 25.7 Å². The van der Waals surface area contributed by atoms with E-state index >= 15 is 0 Å². The van der Waals surface area contributed by atoms with Gasteiger partial charge in [0.25, 0.3) is 0 Å². The third kappa shape index (κ3) is 4.09. The van der Waals surface area contributed by atoms with Crippen LogP contribution >= 0.6 is 0 Å². The zero-order chi connectivity index (χ0) is 14.4. The molecule has 0 bridgehead atoms. The Kier molecular flexibility index (Phi) is 5.63. The van der Waals surface area contributed by atoms with Gasteiger partial charge in [-0.3, -0.25) is 4.79 Å². The summed E-state index contributed by atoms with van der Waals surface area (Å²) in [4.78, 5) is 12.4. The molecular weight excluding hydrogens is 248 g/mol. The maximum atomic E-state index is 12.4. The minimum Gasteiger partial charge on any atom is -0.497 e. The number of carbonyl (C=O) groups excluding carboxylic acids is 1. The van der Waals surface area contributed by atoms with E-state index in [2.05, 4.69) is 6.92 Å². The molecule has 0 N–H and O–H groups in total. The quantitative estimate of drug-likeness (QED) is 0.768. The highest BCUT2D eigenvalue weighted by Crippen LogP contribution is 2.32. The molecule has 0 aliphatic heterocycles. The minimum absolute atomic E-state index is 0.286. The fraction of sp³-hybridized carbons (Fsp3) is 0.611. The summed E-state index contributed by atoms with van der Waals surface area (Å²) in [5, 5.41) is 0. The van der Waals surface area contributed by atoms with Gasteiger partial charge >= 0.3 is 0 Å². The maximum Gasteiger partial charge on any atom is 0.140 e. The van der Waals surface area contributed by atoms with Crippen molar-refractivity contribution in [2.75, 3.05) is 7.11 Å². The number of carbonyl (C=O) groups is 1. The van der Waals surface area contributed by atoms with Crippen LogP contribution in [0.15, 0.2) is 24.3 Å².